The Morgan fingerprint density at radius 1 is 1.20 bits per heavy atom. The molecule has 1 saturated heterocycles. The summed E-state index contributed by atoms with van der Waals surface area (Å²) in [6, 6.07) is 10.5. The second-order valence-corrected chi connectivity index (χ2v) is 6.67. The predicted octanol–water partition coefficient (Wildman–Crippen LogP) is 3.00. The number of nitrogens with zero attached hydrogens (tertiary/aromatic N) is 1. The van der Waals surface area contributed by atoms with Crippen LogP contribution in [0.2, 0.25) is 0 Å². The van der Waals surface area contributed by atoms with Crippen LogP contribution in [0.4, 0.5) is 29.3 Å². The highest BCUT2D eigenvalue weighted by molar-refractivity contribution is 6.00. The molecule has 0 spiro atoms. The van der Waals surface area contributed by atoms with Crippen molar-refractivity contribution in [3.63, 3.8) is 0 Å². The summed E-state index contributed by atoms with van der Waals surface area (Å²) in [4.78, 5) is 25.1. The van der Waals surface area contributed by atoms with Gasteiger partial charge >= 0.3 is 12.2 Å². The largest absolute Gasteiger partial charge is 0.491 e. The smallest absolute Gasteiger partial charge is 0.416 e. The first-order valence-electron chi connectivity index (χ1n) is 9.16. The third kappa shape index (κ3) is 5.63. The van der Waals surface area contributed by atoms with Crippen molar-refractivity contribution in [3.8, 4) is 5.75 Å². The number of aliphatic hydroxyl groups is 1. The molecule has 1 heterocycles. The van der Waals surface area contributed by atoms with E-state index in [1.165, 1.54) is 12.1 Å². The highest BCUT2D eigenvalue weighted by atomic mass is 19.4. The molecule has 0 radical (unpaired) electrons. The van der Waals surface area contributed by atoms with Gasteiger partial charge in [-0.2, -0.15) is 13.2 Å². The number of β-lactam (4-membered cyclic amide) rings is 1. The summed E-state index contributed by atoms with van der Waals surface area (Å²) in [6.07, 6.45) is -5.12. The molecule has 0 aromatic heterocycles. The van der Waals surface area contributed by atoms with Crippen LogP contribution in [0.25, 0.3) is 0 Å². The van der Waals surface area contributed by atoms with Crippen LogP contribution in [0.5, 0.6) is 5.75 Å². The van der Waals surface area contributed by atoms with Gasteiger partial charge in [0.05, 0.1) is 5.56 Å². The SMILES string of the molecule is O=C(NCC(O)COc1cccc(C(F)(F)F)c1)Nc1cccc(N2CCC2=O)c1. The maximum Gasteiger partial charge on any atom is 0.416 e. The quantitative estimate of drug-likeness (QED) is 0.597. The molecule has 0 saturated carbocycles. The van der Waals surface area contributed by atoms with Gasteiger partial charge in [-0.3, -0.25) is 4.79 Å². The number of rotatable bonds is 7. The minimum absolute atomic E-state index is 0.0143. The summed E-state index contributed by atoms with van der Waals surface area (Å²) in [5.41, 5.74) is 0.298. The third-order valence-electron chi connectivity index (χ3n) is 4.37. The van der Waals surface area contributed by atoms with Crippen molar-refractivity contribution in [2.75, 3.05) is 29.9 Å². The first-order valence-corrected chi connectivity index (χ1v) is 9.16. The molecule has 2 aromatic carbocycles. The molecule has 7 nitrogen and oxygen atoms in total. The van der Waals surface area contributed by atoms with Gasteiger partial charge in [0, 0.05) is 30.9 Å². The lowest BCUT2D eigenvalue weighted by atomic mass is 10.1. The zero-order valence-electron chi connectivity index (χ0n) is 15.8. The molecule has 1 unspecified atom stereocenters. The lowest BCUT2D eigenvalue weighted by Crippen LogP contribution is -2.43. The van der Waals surface area contributed by atoms with Crippen molar-refractivity contribution in [1.29, 1.82) is 0 Å². The number of urea groups is 1. The minimum Gasteiger partial charge on any atom is -0.491 e. The van der Waals surface area contributed by atoms with Gasteiger partial charge in [0.25, 0.3) is 0 Å². The topological polar surface area (TPSA) is 90.9 Å². The molecule has 10 heteroatoms. The van der Waals surface area contributed by atoms with E-state index in [9.17, 15) is 27.9 Å². The van der Waals surface area contributed by atoms with Crippen molar-refractivity contribution in [1.82, 2.24) is 5.32 Å². The Bertz CT molecular complexity index is 920. The average Bonchev–Trinajstić information content (AvgIpc) is 2.69. The van der Waals surface area contributed by atoms with Crippen molar-refractivity contribution in [2.45, 2.75) is 18.7 Å². The summed E-state index contributed by atoms with van der Waals surface area (Å²) in [5, 5.41) is 14.9. The van der Waals surface area contributed by atoms with E-state index in [1.807, 2.05) is 0 Å². The molecule has 3 rings (SSSR count). The number of hydrogen-bond donors (Lipinski definition) is 3. The Morgan fingerprint density at radius 3 is 2.63 bits per heavy atom. The van der Waals surface area contributed by atoms with E-state index in [4.69, 9.17) is 4.74 Å². The Morgan fingerprint density at radius 2 is 1.97 bits per heavy atom. The summed E-state index contributed by atoms with van der Waals surface area (Å²) >= 11 is 0. The fourth-order valence-electron chi connectivity index (χ4n) is 2.74. The Hall–Kier alpha value is -3.27. The number of carbonyl (C=O) groups excluding carboxylic acids is 2. The van der Waals surface area contributed by atoms with E-state index in [0.717, 1.165) is 12.1 Å². The number of ether oxygens (including phenoxy) is 1. The second kappa shape index (κ2) is 9.04. The summed E-state index contributed by atoms with van der Waals surface area (Å²) in [7, 11) is 0. The minimum atomic E-state index is -4.49. The van der Waals surface area contributed by atoms with Crippen molar-refractivity contribution in [2.24, 2.45) is 0 Å². The fraction of sp³-hybridized carbons (Fsp3) is 0.300. The van der Waals surface area contributed by atoms with Crippen molar-refractivity contribution >= 4 is 23.3 Å². The molecule has 0 aliphatic carbocycles. The van der Waals surface area contributed by atoms with E-state index in [2.05, 4.69) is 10.6 Å². The zero-order valence-corrected chi connectivity index (χ0v) is 15.8. The van der Waals surface area contributed by atoms with Crippen molar-refractivity contribution in [3.05, 3.63) is 54.1 Å². The summed E-state index contributed by atoms with van der Waals surface area (Å²) in [5.74, 6) is -0.0221. The second-order valence-electron chi connectivity index (χ2n) is 6.67. The number of amides is 3. The van der Waals surface area contributed by atoms with Gasteiger partial charge in [0.2, 0.25) is 5.91 Å². The van der Waals surface area contributed by atoms with E-state index < -0.39 is 23.9 Å². The highest BCUT2D eigenvalue weighted by Gasteiger charge is 2.30. The van der Waals surface area contributed by atoms with E-state index in [-0.39, 0.29) is 24.8 Å². The fourth-order valence-corrected chi connectivity index (χ4v) is 2.74. The van der Waals surface area contributed by atoms with Crippen molar-refractivity contribution < 1.29 is 32.6 Å². The zero-order chi connectivity index (χ0) is 21.7. The van der Waals surface area contributed by atoms with E-state index in [1.54, 1.807) is 29.2 Å². The molecular weight excluding hydrogens is 403 g/mol. The summed E-state index contributed by atoms with van der Waals surface area (Å²) in [6.45, 7) is 0.162. The van der Waals surface area contributed by atoms with Gasteiger partial charge in [0.1, 0.15) is 18.5 Å². The van der Waals surface area contributed by atoms with Crippen LogP contribution >= 0.6 is 0 Å². The highest BCUT2D eigenvalue weighted by Crippen LogP contribution is 2.31. The number of halogens is 3. The summed E-state index contributed by atoms with van der Waals surface area (Å²) < 4.78 is 43.2. The van der Waals surface area contributed by atoms with E-state index >= 15 is 0 Å². The number of alkyl halides is 3. The number of carbonyl (C=O) groups is 2. The molecular formula is C20H20F3N3O4. The molecule has 0 bridgehead atoms. The van der Waals surface area contributed by atoms with Crippen LogP contribution in [-0.2, 0) is 11.0 Å². The number of anilines is 2. The number of hydrogen-bond acceptors (Lipinski definition) is 4. The lowest BCUT2D eigenvalue weighted by molar-refractivity contribution is -0.137. The maximum absolute atomic E-state index is 12.7. The van der Waals surface area contributed by atoms with Crippen LogP contribution < -0.4 is 20.3 Å². The van der Waals surface area contributed by atoms with Gasteiger partial charge in [0.15, 0.2) is 0 Å². The maximum atomic E-state index is 12.7. The predicted molar refractivity (Wildman–Crippen MR) is 103 cm³/mol. The molecule has 30 heavy (non-hydrogen) atoms. The van der Waals surface area contributed by atoms with Gasteiger partial charge in [-0.15, -0.1) is 0 Å². The Balaban J connectivity index is 1.44. The van der Waals surface area contributed by atoms with Crippen LogP contribution in [0.3, 0.4) is 0 Å². The monoisotopic (exact) mass is 423 g/mol. The van der Waals surface area contributed by atoms with Gasteiger partial charge in [-0.25, -0.2) is 4.79 Å². The molecule has 1 fully saturated rings. The molecule has 1 atom stereocenters. The molecule has 1 aliphatic heterocycles. The normalized spacial score (nSPS) is 14.7. The molecule has 3 amide bonds. The molecule has 2 aromatic rings. The number of benzene rings is 2. The van der Waals surface area contributed by atoms with Gasteiger partial charge in [-0.1, -0.05) is 12.1 Å². The van der Waals surface area contributed by atoms with Crippen LogP contribution in [0.15, 0.2) is 48.5 Å². The lowest BCUT2D eigenvalue weighted by Gasteiger charge is -2.30. The van der Waals surface area contributed by atoms with Crippen LogP contribution in [0.1, 0.15) is 12.0 Å². The third-order valence-corrected chi connectivity index (χ3v) is 4.37. The van der Waals surface area contributed by atoms with E-state index in [0.29, 0.717) is 24.3 Å². The Kier molecular flexibility index (Phi) is 6.46. The number of nitrogens with one attached hydrogen (secondary N) is 2. The Labute approximate surface area is 170 Å². The molecule has 1 aliphatic rings. The molecule has 3 N–H and O–H groups in total. The molecule has 160 valence electrons. The van der Waals surface area contributed by atoms with Gasteiger partial charge in [-0.05, 0) is 36.4 Å². The average molecular weight is 423 g/mol. The number of aliphatic hydroxyl groups excluding tert-OH is 1. The first kappa shape index (κ1) is 21.4. The van der Waals surface area contributed by atoms with Crippen LogP contribution in [0, 0.1) is 0 Å². The van der Waals surface area contributed by atoms with Crippen LogP contribution in [-0.4, -0.2) is 42.8 Å². The first-order chi connectivity index (χ1) is 14.2. The standard InChI is InChI=1S/C20H20F3N3O4/c21-20(22,23)13-3-1-6-17(9-13)30-12-16(27)11-24-19(29)25-14-4-2-5-15(10-14)26-8-7-18(26)28/h1-6,9-10,16,27H,7-8,11-12H2,(H2,24,25,29). The van der Waals surface area contributed by atoms with Gasteiger partial charge < -0.3 is 25.4 Å².